The Morgan fingerprint density at radius 2 is 1.87 bits per heavy atom. The maximum atomic E-state index is 12.2. The smallest absolute Gasteiger partial charge is 0.335 e. The lowest BCUT2D eigenvalue weighted by molar-refractivity contribution is -0.385. The van der Waals surface area contributed by atoms with Gasteiger partial charge in [-0.2, -0.15) is 5.10 Å². The first-order valence-corrected chi connectivity index (χ1v) is 8.51. The summed E-state index contributed by atoms with van der Waals surface area (Å²) in [4.78, 5) is 48.7. The summed E-state index contributed by atoms with van der Waals surface area (Å²) < 4.78 is 0.867. The van der Waals surface area contributed by atoms with Crippen LogP contribution in [0.5, 0.6) is 5.88 Å². The van der Waals surface area contributed by atoms with E-state index in [1.807, 2.05) is 6.92 Å². The fraction of sp³-hybridized carbons (Fsp3) is 0.0526. The Balaban J connectivity index is 1.93. The number of nitro benzene ring substituents is 1. The average molecular weight is 409 g/mol. The molecule has 11 heteroatoms. The number of benzene rings is 2. The SMILES string of the molecule is Cc1ccc(-n2c(O)c(/C=N/NC(=O)c3ccccc3[N+](=O)[O-])c(=O)[nH]c2=O)cc1. The number of nitrogens with zero attached hydrogens (tertiary/aromatic N) is 3. The summed E-state index contributed by atoms with van der Waals surface area (Å²) in [6.07, 6.45) is 0.838. The summed E-state index contributed by atoms with van der Waals surface area (Å²) in [6, 6.07) is 11.8. The molecule has 0 fully saturated rings. The molecule has 0 radical (unpaired) electrons. The molecule has 1 heterocycles. The van der Waals surface area contributed by atoms with Gasteiger partial charge in [-0.3, -0.25) is 24.7 Å². The predicted octanol–water partition coefficient (Wildman–Crippen LogP) is 1.21. The van der Waals surface area contributed by atoms with Gasteiger partial charge >= 0.3 is 5.69 Å². The van der Waals surface area contributed by atoms with E-state index in [9.17, 15) is 29.6 Å². The Kier molecular flexibility index (Phi) is 5.54. The number of aromatic hydroxyl groups is 1. The van der Waals surface area contributed by atoms with Crippen molar-refractivity contribution in [2.45, 2.75) is 6.92 Å². The lowest BCUT2D eigenvalue weighted by Crippen LogP contribution is -2.31. The molecule has 0 saturated heterocycles. The van der Waals surface area contributed by atoms with Crippen LogP contribution in [0.4, 0.5) is 5.69 Å². The van der Waals surface area contributed by atoms with Crippen molar-refractivity contribution in [1.82, 2.24) is 15.0 Å². The zero-order valence-corrected chi connectivity index (χ0v) is 15.5. The lowest BCUT2D eigenvalue weighted by Gasteiger charge is -2.09. The number of amides is 1. The summed E-state index contributed by atoms with van der Waals surface area (Å²) in [6.45, 7) is 1.84. The van der Waals surface area contributed by atoms with Gasteiger partial charge in [-0.1, -0.05) is 29.8 Å². The van der Waals surface area contributed by atoms with Crippen LogP contribution in [0, 0.1) is 17.0 Å². The Labute approximate surface area is 168 Å². The number of aryl methyl sites for hydroxylation is 1. The second-order valence-corrected chi connectivity index (χ2v) is 6.14. The van der Waals surface area contributed by atoms with Gasteiger partial charge in [0.2, 0.25) is 5.88 Å². The molecule has 0 aliphatic carbocycles. The number of aromatic amines is 1. The van der Waals surface area contributed by atoms with E-state index in [2.05, 4.69) is 15.5 Å². The van der Waals surface area contributed by atoms with E-state index in [0.717, 1.165) is 22.4 Å². The van der Waals surface area contributed by atoms with Gasteiger partial charge in [0.25, 0.3) is 17.2 Å². The summed E-state index contributed by atoms with van der Waals surface area (Å²) in [7, 11) is 0. The first kappa shape index (κ1) is 20.2. The summed E-state index contributed by atoms with van der Waals surface area (Å²) >= 11 is 0. The number of carbonyl (C=O) groups excluding carboxylic acids is 1. The van der Waals surface area contributed by atoms with Gasteiger partial charge in [-0.25, -0.2) is 14.8 Å². The molecule has 3 aromatic rings. The number of hydrogen-bond acceptors (Lipinski definition) is 7. The van der Waals surface area contributed by atoms with Crippen molar-refractivity contribution in [3.8, 4) is 11.6 Å². The number of hydrogen-bond donors (Lipinski definition) is 3. The third kappa shape index (κ3) is 3.99. The van der Waals surface area contributed by atoms with Crippen LogP contribution in [0.1, 0.15) is 21.5 Å². The minimum Gasteiger partial charge on any atom is -0.493 e. The molecule has 0 unspecified atom stereocenters. The maximum absolute atomic E-state index is 12.2. The van der Waals surface area contributed by atoms with Crippen LogP contribution in [-0.2, 0) is 0 Å². The molecular weight excluding hydrogens is 394 g/mol. The molecule has 3 rings (SSSR count). The normalized spacial score (nSPS) is 10.8. The standard InChI is InChI=1S/C19H15N5O6/c1-11-6-8-12(9-7-11)23-18(27)14(16(25)21-19(23)28)10-20-22-17(26)13-4-2-3-5-15(13)24(29)30/h2-10,27H,1H3,(H,22,26)(H,21,25,28)/b20-10+. The highest BCUT2D eigenvalue weighted by Crippen LogP contribution is 2.18. The quantitative estimate of drug-likeness (QED) is 0.326. The second-order valence-electron chi connectivity index (χ2n) is 6.14. The van der Waals surface area contributed by atoms with Gasteiger partial charge in [0.05, 0.1) is 16.8 Å². The molecule has 1 amide bonds. The van der Waals surface area contributed by atoms with E-state index in [-0.39, 0.29) is 5.56 Å². The van der Waals surface area contributed by atoms with Gasteiger partial charge in [-0.15, -0.1) is 0 Å². The zero-order chi connectivity index (χ0) is 21.8. The van der Waals surface area contributed by atoms with Crippen molar-refractivity contribution in [1.29, 1.82) is 0 Å². The number of para-hydroxylation sites is 1. The van der Waals surface area contributed by atoms with Crippen LogP contribution in [0.3, 0.4) is 0 Å². The highest BCUT2D eigenvalue weighted by atomic mass is 16.6. The molecule has 1 aromatic heterocycles. The Morgan fingerprint density at radius 3 is 2.53 bits per heavy atom. The van der Waals surface area contributed by atoms with Crippen LogP contribution < -0.4 is 16.7 Å². The van der Waals surface area contributed by atoms with E-state index in [1.165, 1.54) is 18.2 Å². The molecule has 0 aliphatic heterocycles. The first-order chi connectivity index (χ1) is 14.3. The topological polar surface area (TPSA) is 160 Å². The third-order valence-electron chi connectivity index (χ3n) is 4.12. The Bertz CT molecular complexity index is 1270. The molecule has 30 heavy (non-hydrogen) atoms. The number of rotatable bonds is 5. The highest BCUT2D eigenvalue weighted by Gasteiger charge is 2.19. The van der Waals surface area contributed by atoms with Gasteiger partial charge in [0.1, 0.15) is 11.1 Å². The summed E-state index contributed by atoms with van der Waals surface area (Å²) in [5.41, 5.74) is 0.456. The van der Waals surface area contributed by atoms with Crippen LogP contribution in [0.2, 0.25) is 0 Å². The number of nitro groups is 1. The minimum absolute atomic E-state index is 0.234. The van der Waals surface area contributed by atoms with Crippen molar-refractivity contribution in [3.63, 3.8) is 0 Å². The van der Waals surface area contributed by atoms with Crippen LogP contribution >= 0.6 is 0 Å². The van der Waals surface area contributed by atoms with E-state index in [4.69, 9.17) is 0 Å². The van der Waals surface area contributed by atoms with Gasteiger partial charge in [-0.05, 0) is 25.1 Å². The fourth-order valence-electron chi connectivity index (χ4n) is 2.63. The predicted molar refractivity (Wildman–Crippen MR) is 107 cm³/mol. The average Bonchev–Trinajstić information content (AvgIpc) is 2.71. The molecule has 2 aromatic carbocycles. The number of nitrogens with one attached hydrogen (secondary N) is 2. The van der Waals surface area contributed by atoms with Crippen molar-refractivity contribution in [2.75, 3.05) is 0 Å². The molecule has 0 aliphatic rings. The number of aromatic nitrogens is 2. The monoisotopic (exact) mass is 409 g/mol. The molecule has 0 spiro atoms. The van der Waals surface area contributed by atoms with Gasteiger partial charge < -0.3 is 5.11 Å². The lowest BCUT2D eigenvalue weighted by atomic mass is 10.2. The molecule has 3 N–H and O–H groups in total. The molecular formula is C19H15N5O6. The number of hydrazone groups is 1. The van der Waals surface area contributed by atoms with Crippen molar-refractivity contribution in [3.05, 3.63) is 96.2 Å². The molecule has 152 valence electrons. The fourth-order valence-corrected chi connectivity index (χ4v) is 2.63. The maximum Gasteiger partial charge on any atom is 0.335 e. The van der Waals surface area contributed by atoms with Crippen LogP contribution in [-0.4, -0.2) is 31.7 Å². The number of carbonyl (C=O) groups is 1. The molecule has 0 bridgehead atoms. The van der Waals surface area contributed by atoms with Crippen molar-refractivity contribution < 1.29 is 14.8 Å². The zero-order valence-electron chi connectivity index (χ0n) is 15.5. The second kappa shape index (κ2) is 8.22. The molecule has 0 saturated carbocycles. The summed E-state index contributed by atoms with van der Waals surface area (Å²) in [5.74, 6) is -1.57. The Hall–Kier alpha value is -4.54. The van der Waals surface area contributed by atoms with E-state index in [1.54, 1.807) is 24.3 Å². The van der Waals surface area contributed by atoms with Crippen LogP contribution in [0.25, 0.3) is 5.69 Å². The van der Waals surface area contributed by atoms with Crippen molar-refractivity contribution in [2.24, 2.45) is 5.10 Å². The molecule has 0 atom stereocenters. The van der Waals surface area contributed by atoms with E-state index < -0.39 is 39.2 Å². The number of H-pyrrole nitrogens is 1. The largest absolute Gasteiger partial charge is 0.493 e. The van der Waals surface area contributed by atoms with Gasteiger partial charge in [0, 0.05) is 6.07 Å². The third-order valence-corrected chi connectivity index (χ3v) is 4.12. The van der Waals surface area contributed by atoms with E-state index >= 15 is 0 Å². The first-order valence-electron chi connectivity index (χ1n) is 8.51. The highest BCUT2D eigenvalue weighted by molar-refractivity contribution is 5.98. The van der Waals surface area contributed by atoms with E-state index in [0.29, 0.717) is 5.69 Å². The Morgan fingerprint density at radius 1 is 1.20 bits per heavy atom. The summed E-state index contributed by atoms with van der Waals surface area (Å²) in [5, 5.41) is 25.0. The van der Waals surface area contributed by atoms with Crippen molar-refractivity contribution >= 4 is 17.8 Å². The van der Waals surface area contributed by atoms with Gasteiger partial charge in [0.15, 0.2) is 0 Å². The molecule has 11 nitrogen and oxygen atoms in total. The van der Waals surface area contributed by atoms with Crippen LogP contribution in [0.15, 0.2) is 63.2 Å². The minimum atomic E-state index is -0.926.